The van der Waals surface area contributed by atoms with Gasteiger partial charge in [0.2, 0.25) is 0 Å². The lowest BCUT2D eigenvalue weighted by atomic mass is 9.75. The molecule has 0 aromatic heterocycles. The SMILES string of the molecule is CC1(C)OB(c2cccc3c2CC(F)(F)C3)OC1(C)C. The van der Waals surface area contributed by atoms with Gasteiger partial charge in [-0.3, -0.25) is 0 Å². The van der Waals surface area contributed by atoms with E-state index in [1.807, 2.05) is 33.8 Å². The van der Waals surface area contributed by atoms with Crippen LogP contribution in [0.25, 0.3) is 0 Å². The van der Waals surface area contributed by atoms with Crippen molar-refractivity contribution in [1.29, 1.82) is 0 Å². The van der Waals surface area contributed by atoms with E-state index < -0.39 is 24.2 Å². The van der Waals surface area contributed by atoms with Gasteiger partial charge in [-0.1, -0.05) is 18.2 Å². The molecule has 1 saturated heterocycles. The van der Waals surface area contributed by atoms with Gasteiger partial charge in [0.1, 0.15) is 0 Å². The van der Waals surface area contributed by atoms with Crippen LogP contribution >= 0.6 is 0 Å². The maximum atomic E-state index is 13.6. The summed E-state index contributed by atoms with van der Waals surface area (Å²) in [4.78, 5) is 0. The smallest absolute Gasteiger partial charge is 0.399 e. The first-order chi connectivity index (χ1) is 9.11. The van der Waals surface area contributed by atoms with Gasteiger partial charge in [-0.05, 0) is 44.3 Å². The molecule has 3 rings (SSSR count). The van der Waals surface area contributed by atoms with Gasteiger partial charge in [-0.2, -0.15) is 0 Å². The van der Waals surface area contributed by atoms with Crippen molar-refractivity contribution in [2.75, 3.05) is 0 Å². The Kier molecular flexibility index (Phi) is 2.84. The van der Waals surface area contributed by atoms with Crippen molar-refractivity contribution in [3.8, 4) is 0 Å². The molecule has 1 aromatic rings. The molecular weight excluding hydrogens is 261 g/mol. The zero-order valence-corrected chi connectivity index (χ0v) is 12.3. The summed E-state index contributed by atoms with van der Waals surface area (Å²) in [7, 11) is -0.566. The van der Waals surface area contributed by atoms with E-state index in [1.165, 1.54) is 0 Å². The fourth-order valence-corrected chi connectivity index (χ4v) is 2.83. The molecule has 2 nitrogen and oxygen atoms in total. The van der Waals surface area contributed by atoms with E-state index in [0.29, 0.717) is 11.1 Å². The Bertz CT molecular complexity index is 539. The van der Waals surface area contributed by atoms with Crippen LogP contribution < -0.4 is 5.46 Å². The molecular formula is C15H19BF2O2. The summed E-state index contributed by atoms with van der Waals surface area (Å²) in [5.74, 6) is -2.65. The maximum absolute atomic E-state index is 13.6. The molecule has 0 amide bonds. The third-order valence-corrected chi connectivity index (χ3v) is 4.70. The first kappa shape index (κ1) is 14.0. The Morgan fingerprint density at radius 3 is 2.20 bits per heavy atom. The molecule has 0 saturated carbocycles. The molecule has 20 heavy (non-hydrogen) atoms. The molecule has 1 aliphatic carbocycles. The Hall–Kier alpha value is -0.935. The van der Waals surface area contributed by atoms with Gasteiger partial charge in [-0.15, -0.1) is 0 Å². The van der Waals surface area contributed by atoms with Crippen LogP contribution in [0.2, 0.25) is 0 Å². The van der Waals surface area contributed by atoms with E-state index in [0.717, 1.165) is 5.46 Å². The summed E-state index contributed by atoms with van der Waals surface area (Å²) in [6.07, 6.45) is -0.405. The van der Waals surface area contributed by atoms with Gasteiger partial charge in [0, 0.05) is 12.8 Å². The molecule has 0 atom stereocenters. The van der Waals surface area contributed by atoms with E-state index in [4.69, 9.17) is 9.31 Å². The monoisotopic (exact) mass is 280 g/mol. The number of hydrogen-bond donors (Lipinski definition) is 0. The fraction of sp³-hybridized carbons (Fsp3) is 0.600. The summed E-state index contributed by atoms with van der Waals surface area (Å²) in [6.45, 7) is 7.85. The zero-order valence-electron chi connectivity index (χ0n) is 12.3. The van der Waals surface area contributed by atoms with Crippen LogP contribution in [0.5, 0.6) is 0 Å². The number of benzene rings is 1. The van der Waals surface area contributed by atoms with Crippen LogP contribution in [0.15, 0.2) is 18.2 Å². The standard InChI is InChI=1S/C15H19BF2O2/c1-13(2)14(3,4)20-16(19-13)12-7-5-6-10-8-15(17,18)9-11(10)12/h5-7H,8-9H2,1-4H3. The second kappa shape index (κ2) is 4.04. The normalized spacial score (nSPS) is 25.8. The van der Waals surface area contributed by atoms with Crippen LogP contribution in [-0.2, 0) is 22.2 Å². The molecule has 0 radical (unpaired) electrons. The summed E-state index contributed by atoms with van der Waals surface area (Å²) in [6, 6.07) is 5.41. The van der Waals surface area contributed by atoms with Crippen LogP contribution in [-0.4, -0.2) is 24.2 Å². The van der Waals surface area contributed by atoms with Gasteiger partial charge in [0.05, 0.1) is 11.2 Å². The van der Waals surface area contributed by atoms with Crippen molar-refractivity contribution in [2.24, 2.45) is 0 Å². The highest BCUT2D eigenvalue weighted by Gasteiger charge is 2.53. The summed E-state index contributed by atoms with van der Waals surface area (Å²) < 4.78 is 39.2. The Balaban J connectivity index is 1.97. The van der Waals surface area contributed by atoms with Gasteiger partial charge in [-0.25, -0.2) is 8.78 Å². The second-order valence-electron chi connectivity index (χ2n) is 6.78. The third kappa shape index (κ3) is 2.08. The van der Waals surface area contributed by atoms with Crippen molar-refractivity contribution in [3.63, 3.8) is 0 Å². The molecule has 1 aromatic carbocycles. The fourth-order valence-electron chi connectivity index (χ4n) is 2.83. The molecule has 0 unspecified atom stereocenters. The predicted molar refractivity (Wildman–Crippen MR) is 74.5 cm³/mol. The number of alkyl halides is 2. The lowest BCUT2D eigenvalue weighted by Gasteiger charge is -2.32. The highest BCUT2D eigenvalue weighted by atomic mass is 19.3. The molecule has 0 spiro atoms. The first-order valence-corrected chi connectivity index (χ1v) is 6.95. The topological polar surface area (TPSA) is 18.5 Å². The average molecular weight is 280 g/mol. The van der Waals surface area contributed by atoms with Crippen molar-refractivity contribution >= 4 is 12.6 Å². The molecule has 5 heteroatoms. The first-order valence-electron chi connectivity index (χ1n) is 6.95. The van der Waals surface area contributed by atoms with Crippen LogP contribution in [0.1, 0.15) is 38.8 Å². The highest BCUT2D eigenvalue weighted by Crippen LogP contribution is 2.38. The minimum Gasteiger partial charge on any atom is -0.399 e. The molecule has 0 N–H and O–H groups in total. The molecule has 0 bridgehead atoms. The second-order valence-corrected chi connectivity index (χ2v) is 6.78. The molecule has 1 heterocycles. The van der Waals surface area contributed by atoms with E-state index in [9.17, 15) is 8.78 Å². The molecule has 108 valence electrons. The van der Waals surface area contributed by atoms with Crippen LogP contribution in [0.3, 0.4) is 0 Å². The highest BCUT2D eigenvalue weighted by molar-refractivity contribution is 6.62. The number of hydrogen-bond acceptors (Lipinski definition) is 2. The predicted octanol–water partition coefficient (Wildman–Crippen LogP) is 2.72. The summed E-state index contributed by atoms with van der Waals surface area (Å²) in [5, 5.41) is 0. The van der Waals surface area contributed by atoms with E-state index in [2.05, 4.69) is 0 Å². The summed E-state index contributed by atoms with van der Waals surface area (Å²) in [5.41, 5.74) is 1.24. The van der Waals surface area contributed by atoms with Gasteiger partial charge < -0.3 is 9.31 Å². The number of rotatable bonds is 1. The molecule has 2 aliphatic rings. The molecule has 1 fully saturated rings. The average Bonchev–Trinajstić information content (AvgIpc) is 2.70. The summed E-state index contributed by atoms with van der Waals surface area (Å²) >= 11 is 0. The van der Waals surface area contributed by atoms with Crippen LogP contribution in [0, 0.1) is 0 Å². The van der Waals surface area contributed by atoms with E-state index in [1.54, 1.807) is 12.1 Å². The van der Waals surface area contributed by atoms with E-state index in [-0.39, 0.29) is 12.8 Å². The Morgan fingerprint density at radius 2 is 1.60 bits per heavy atom. The maximum Gasteiger partial charge on any atom is 0.495 e. The van der Waals surface area contributed by atoms with Crippen molar-refractivity contribution < 1.29 is 18.1 Å². The van der Waals surface area contributed by atoms with Crippen molar-refractivity contribution in [1.82, 2.24) is 0 Å². The largest absolute Gasteiger partial charge is 0.495 e. The number of halogens is 2. The van der Waals surface area contributed by atoms with Crippen molar-refractivity contribution in [3.05, 3.63) is 29.3 Å². The lowest BCUT2D eigenvalue weighted by molar-refractivity contribution is 0.00578. The minimum atomic E-state index is -2.65. The van der Waals surface area contributed by atoms with Crippen molar-refractivity contribution in [2.45, 2.75) is 57.7 Å². The molecule has 1 aliphatic heterocycles. The lowest BCUT2D eigenvalue weighted by Crippen LogP contribution is -2.41. The quantitative estimate of drug-likeness (QED) is 0.736. The van der Waals surface area contributed by atoms with Gasteiger partial charge in [0.25, 0.3) is 5.92 Å². The number of fused-ring (bicyclic) bond motifs is 1. The third-order valence-electron chi connectivity index (χ3n) is 4.70. The van der Waals surface area contributed by atoms with E-state index >= 15 is 0 Å². The zero-order chi connectivity index (χ0) is 14.8. The van der Waals surface area contributed by atoms with Gasteiger partial charge in [0.15, 0.2) is 0 Å². The Labute approximate surface area is 118 Å². The Morgan fingerprint density at radius 1 is 1.00 bits per heavy atom. The minimum absolute atomic E-state index is 0.185. The van der Waals surface area contributed by atoms with Crippen LogP contribution in [0.4, 0.5) is 8.78 Å². The van der Waals surface area contributed by atoms with Gasteiger partial charge >= 0.3 is 7.12 Å².